The van der Waals surface area contributed by atoms with E-state index in [2.05, 4.69) is 25.8 Å². The Kier molecular flexibility index (Phi) is 3.57. The first-order valence-electron chi connectivity index (χ1n) is 6.29. The van der Waals surface area contributed by atoms with E-state index in [-0.39, 0.29) is 11.7 Å². The first-order chi connectivity index (χ1) is 8.49. The zero-order valence-corrected chi connectivity index (χ0v) is 11.1. The van der Waals surface area contributed by atoms with Gasteiger partial charge < -0.3 is 10.0 Å². The molecule has 0 aromatic heterocycles. The maximum Gasteiger partial charge on any atom is 0.254 e. The van der Waals surface area contributed by atoms with Gasteiger partial charge in [0.2, 0.25) is 0 Å². The van der Waals surface area contributed by atoms with Gasteiger partial charge in [-0.05, 0) is 39.1 Å². The minimum atomic E-state index is -0.00213. The third-order valence-corrected chi connectivity index (χ3v) is 3.74. The van der Waals surface area contributed by atoms with Gasteiger partial charge in [0.05, 0.1) is 0 Å². The molecule has 0 radical (unpaired) electrons. The number of amides is 1. The van der Waals surface area contributed by atoms with Gasteiger partial charge in [0.25, 0.3) is 5.91 Å². The van der Waals surface area contributed by atoms with Crippen LogP contribution in [0, 0.1) is 0 Å². The predicted octanol–water partition coefficient (Wildman–Crippen LogP) is 1.56. The Hall–Kier alpha value is -1.55. The van der Waals surface area contributed by atoms with Gasteiger partial charge in [0.1, 0.15) is 5.75 Å². The molecule has 1 saturated heterocycles. The monoisotopic (exact) mass is 248 g/mol. The van der Waals surface area contributed by atoms with Crippen molar-refractivity contribution in [2.75, 3.05) is 20.1 Å². The first-order valence-corrected chi connectivity index (χ1v) is 6.29. The molecule has 4 nitrogen and oxygen atoms in total. The summed E-state index contributed by atoms with van der Waals surface area (Å²) >= 11 is 0. The number of carbonyl (C=O) groups is 1. The maximum atomic E-state index is 12.3. The average Bonchev–Trinajstić information content (AvgIpc) is 2.34. The third-order valence-electron chi connectivity index (χ3n) is 3.74. The van der Waals surface area contributed by atoms with Crippen molar-refractivity contribution in [3.8, 4) is 5.75 Å². The van der Waals surface area contributed by atoms with E-state index in [1.165, 1.54) is 6.07 Å². The Labute approximate surface area is 108 Å². The van der Waals surface area contributed by atoms with Crippen LogP contribution in [-0.4, -0.2) is 53.0 Å². The van der Waals surface area contributed by atoms with Gasteiger partial charge in [-0.25, -0.2) is 0 Å². The summed E-state index contributed by atoms with van der Waals surface area (Å²) in [5, 5.41) is 9.43. The average molecular weight is 248 g/mol. The number of benzene rings is 1. The lowest BCUT2D eigenvalue weighted by Crippen LogP contribution is -2.56. The van der Waals surface area contributed by atoms with Crippen LogP contribution in [0.25, 0.3) is 0 Å². The Balaban J connectivity index is 2.15. The van der Waals surface area contributed by atoms with Crippen molar-refractivity contribution < 1.29 is 9.90 Å². The fourth-order valence-electron chi connectivity index (χ4n) is 2.39. The first kappa shape index (κ1) is 12.9. The second-order valence-corrected chi connectivity index (χ2v) is 5.12. The van der Waals surface area contributed by atoms with Crippen molar-refractivity contribution in [1.29, 1.82) is 0 Å². The summed E-state index contributed by atoms with van der Waals surface area (Å²) < 4.78 is 0. The number of phenols is 1. The van der Waals surface area contributed by atoms with Crippen LogP contribution in [0.4, 0.5) is 0 Å². The smallest absolute Gasteiger partial charge is 0.254 e. The van der Waals surface area contributed by atoms with Crippen LogP contribution in [0.5, 0.6) is 5.75 Å². The third kappa shape index (κ3) is 2.48. The highest BCUT2D eigenvalue weighted by atomic mass is 16.3. The Morgan fingerprint density at radius 2 is 1.89 bits per heavy atom. The summed E-state index contributed by atoms with van der Waals surface area (Å²) in [4.78, 5) is 16.5. The highest BCUT2D eigenvalue weighted by molar-refractivity contribution is 5.94. The van der Waals surface area contributed by atoms with Crippen LogP contribution in [-0.2, 0) is 0 Å². The molecule has 98 valence electrons. The summed E-state index contributed by atoms with van der Waals surface area (Å²) in [6, 6.07) is 7.26. The van der Waals surface area contributed by atoms with Crippen molar-refractivity contribution in [3.63, 3.8) is 0 Å². The minimum Gasteiger partial charge on any atom is -0.508 e. The van der Waals surface area contributed by atoms with Gasteiger partial charge >= 0.3 is 0 Å². The van der Waals surface area contributed by atoms with E-state index in [4.69, 9.17) is 0 Å². The minimum absolute atomic E-state index is 0.00213. The van der Waals surface area contributed by atoms with E-state index >= 15 is 0 Å². The molecule has 2 rings (SSSR count). The van der Waals surface area contributed by atoms with Crippen LogP contribution in [0.15, 0.2) is 24.3 Å². The number of piperazine rings is 1. The van der Waals surface area contributed by atoms with Crippen molar-refractivity contribution in [3.05, 3.63) is 29.8 Å². The SMILES string of the molecule is CC1CN(C(=O)c2cccc(O)c2)CC(C)N1C. The Morgan fingerprint density at radius 3 is 2.44 bits per heavy atom. The fourth-order valence-corrected chi connectivity index (χ4v) is 2.39. The van der Waals surface area contributed by atoms with E-state index in [1.807, 2.05) is 4.90 Å². The topological polar surface area (TPSA) is 43.8 Å². The number of hydrogen-bond donors (Lipinski definition) is 1. The molecule has 2 unspecified atom stereocenters. The van der Waals surface area contributed by atoms with Crippen molar-refractivity contribution in [2.45, 2.75) is 25.9 Å². The normalized spacial score (nSPS) is 25.2. The predicted molar refractivity (Wildman–Crippen MR) is 70.7 cm³/mol. The van der Waals surface area contributed by atoms with Gasteiger partial charge in [0, 0.05) is 30.7 Å². The quantitative estimate of drug-likeness (QED) is 0.820. The van der Waals surface area contributed by atoms with Crippen LogP contribution in [0.3, 0.4) is 0 Å². The summed E-state index contributed by atoms with van der Waals surface area (Å²) in [6.07, 6.45) is 0. The number of rotatable bonds is 1. The molecular weight excluding hydrogens is 228 g/mol. The number of carbonyl (C=O) groups excluding carboxylic acids is 1. The molecular formula is C14H20N2O2. The van der Waals surface area contributed by atoms with Crippen LogP contribution < -0.4 is 0 Å². The largest absolute Gasteiger partial charge is 0.508 e. The number of nitrogens with zero attached hydrogens (tertiary/aromatic N) is 2. The maximum absolute atomic E-state index is 12.3. The van der Waals surface area contributed by atoms with E-state index < -0.39 is 0 Å². The lowest BCUT2D eigenvalue weighted by atomic mass is 10.1. The number of hydrogen-bond acceptors (Lipinski definition) is 3. The molecule has 1 amide bonds. The van der Waals surface area contributed by atoms with Crippen LogP contribution in [0.1, 0.15) is 24.2 Å². The second kappa shape index (κ2) is 4.98. The molecule has 2 atom stereocenters. The Morgan fingerprint density at radius 1 is 1.28 bits per heavy atom. The molecule has 1 aromatic carbocycles. The lowest BCUT2D eigenvalue weighted by Gasteiger charge is -2.42. The molecule has 0 saturated carbocycles. The number of phenolic OH excluding ortho intramolecular Hbond substituents is 1. The van der Waals surface area contributed by atoms with Crippen LogP contribution in [0.2, 0.25) is 0 Å². The molecule has 1 aliphatic rings. The van der Waals surface area contributed by atoms with Crippen molar-refractivity contribution in [1.82, 2.24) is 9.80 Å². The second-order valence-electron chi connectivity index (χ2n) is 5.12. The zero-order valence-electron chi connectivity index (χ0n) is 11.1. The van der Waals surface area contributed by atoms with E-state index in [1.54, 1.807) is 18.2 Å². The summed E-state index contributed by atoms with van der Waals surface area (Å²) in [5.74, 6) is 0.133. The van der Waals surface area contributed by atoms with Gasteiger partial charge in [-0.2, -0.15) is 0 Å². The van der Waals surface area contributed by atoms with E-state index in [0.717, 1.165) is 13.1 Å². The summed E-state index contributed by atoms with van der Waals surface area (Å²) in [5.41, 5.74) is 0.555. The van der Waals surface area contributed by atoms with Gasteiger partial charge in [0.15, 0.2) is 0 Å². The Bertz CT molecular complexity index is 435. The van der Waals surface area contributed by atoms with Gasteiger partial charge in [-0.1, -0.05) is 6.07 Å². The molecule has 1 heterocycles. The molecule has 18 heavy (non-hydrogen) atoms. The lowest BCUT2D eigenvalue weighted by molar-refractivity contribution is 0.0414. The highest BCUT2D eigenvalue weighted by Gasteiger charge is 2.29. The molecule has 4 heteroatoms. The van der Waals surface area contributed by atoms with E-state index in [9.17, 15) is 9.90 Å². The molecule has 0 aliphatic carbocycles. The molecule has 0 bridgehead atoms. The standard InChI is InChI=1S/C14H20N2O2/c1-10-8-16(9-11(2)15(10)3)14(18)12-5-4-6-13(17)7-12/h4-7,10-11,17H,8-9H2,1-3H3. The van der Waals surface area contributed by atoms with Crippen molar-refractivity contribution in [2.24, 2.45) is 0 Å². The summed E-state index contributed by atoms with van der Waals surface area (Å²) in [6.45, 7) is 5.71. The molecule has 1 fully saturated rings. The number of likely N-dealkylation sites (N-methyl/N-ethyl adjacent to an activating group) is 1. The molecule has 1 aromatic rings. The summed E-state index contributed by atoms with van der Waals surface area (Å²) in [7, 11) is 2.09. The van der Waals surface area contributed by atoms with Gasteiger partial charge in [-0.3, -0.25) is 9.69 Å². The van der Waals surface area contributed by atoms with E-state index in [0.29, 0.717) is 17.6 Å². The highest BCUT2D eigenvalue weighted by Crippen LogP contribution is 2.18. The molecule has 0 spiro atoms. The van der Waals surface area contributed by atoms with Crippen LogP contribution >= 0.6 is 0 Å². The van der Waals surface area contributed by atoms with Gasteiger partial charge in [-0.15, -0.1) is 0 Å². The molecule has 1 N–H and O–H groups in total. The number of aromatic hydroxyl groups is 1. The van der Waals surface area contributed by atoms with Crippen molar-refractivity contribution >= 4 is 5.91 Å². The molecule has 1 aliphatic heterocycles. The zero-order chi connectivity index (χ0) is 13.3. The fraction of sp³-hybridized carbons (Fsp3) is 0.500.